The van der Waals surface area contributed by atoms with Crippen molar-refractivity contribution in [3.05, 3.63) is 42.0 Å². The molecule has 0 fully saturated rings. The van der Waals surface area contributed by atoms with Gasteiger partial charge in [-0.05, 0) is 19.1 Å². The second-order valence-electron chi connectivity index (χ2n) is 3.82. The van der Waals surface area contributed by atoms with E-state index in [9.17, 15) is 13.6 Å². The molecule has 6 nitrogen and oxygen atoms in total. The van der Waals surface area contributed by atoms with Crippen molar-refractivity contribution in [3.8, 4) is 0 Å². The number of carbonyl (C=O) groups is 1. The Kier molecular flexibility index (Phi) is 3.69. The molecule has 2 amide bonds. The van der Waals surface area contributed by atoms with E-state index in [4.69, 9.17) is 0 Å². The van der Waals surface area contributed by atoms with Gasteiger partial charge in [-0.2, -0.15) is 5.10 Å². The number of aromatic amines is 1. The molecule has 0 saturated heterocycles. The number of hydrogen-bond acceptors (Lipinski definition) is 3. The van der Waals surface area contributed by atoms with Crippen LogP contribution in [-0.4, -0.2) is 21.2 Å². The van der Waals surface area contributed by atoms with Crippen LogP contribution in [-0.2, 0) is 0 Å². The van der Waals surface area contributed by atoms with Crippen LogP contribution in [0.4, 0.5) is 19.3 Å². The second kappa shape index (κ2) is 5.42. The van der Waals surface area contributed by atoms with Crippen molar-refractivity contribution in [3.63, 3.8) is 0 Å². The van der Waals surface area contributed by atoms with Gasteiger partial charge < -0.3 is 10.6 Å². The number of halogens is 2. The topological polar surface area (TPSA) is 82.7 Å². The SMILES string of the molecule is C[C@@H](NC(=O)Nc1ccc(F)c(F)c1)c1ncn[nH]1. The Labute approximate surface area is 107 Å². The summed E-state index contributed by atoms with van der Waals surface area (Å²) in [7, 11) is 0. The summed E-state index contributed by atoms with van der Waals surface area (Å²) < 4.78 is 25.7. The first-order valence-corrected chi connectivity index (χ1v) is 5.44. The first kappa shape index (κ1) is 12.9. The Bertz CT molecular complexity index is 572. The zero-order valence-electron chi connectivity index (χ0n) is 9.95. The highest BCUT2D eigenvalue weighted by Crippen LogP contribution is 2.13. The van der Waals surface area contributed by atoms with Crippen LogP contribution in [0.3, 0.4) is 0 Å². The second-order valence-corrected chi connectivity index (χ2v) is 3.82. The number of aromatic nitrogens is 3. The number of carbonyl (C=O) groups excluding carboxylic acids is 1. The van der Waals surface area contributed by atoms with Gasteiger partial charge in [0, 0.05) is 11.8 Å². The summed E-state index contributed by atoms with van der Waals surface area (Å²) in [6.45, 7) is 1.70. The smallest absolute Gasteiger partial charge is 0.319 e. The van der Waals surface area contributed by atoms with E-state index in [0.717, 1.165) is 12.1 Å². The van der Waals surface area contributed by atoms with Crippen molar-refractivity contribution < 1.29 is 13.6 Å². The van der Waals surface area contributed by atoms with Gasteiger partial charge in [-0.1, -0.05) is 0 Å². The van der Waals surface area contributed by atoms with E-state index < -0.39 is 23.7 Å². The highest BCUT2D eigenvalue weighted by atomic mass is 19.2. The lowest BCUT2D eigenvalue weighted by Gasteiger charge is -2.12. The van der Waals surface area contributed by atoms with Crippen LogP contribution >= 0.6 is 0 Å². The Morgan fingerprint density at radius 2 is 2.16 bits per heavy atom. The van der Waals surface area contributed by atoms with Gasteiger partial charge in [0.15, 0.2) is 11.6 Å². The van der Waals surface area contributed by atoms with E-state index in [-0.39, 0.29) is 5.69 Å². The average molecular weight is 267 g/mol. The molecule has 0 bridgehead atoms. The number of hydrogen-bond donors (Lipinski definition) is 3. The molecule has 1 aromatic carbocycles. The molecule has 0 spiro atoms. The van der Waals surface area contributed by atoms with E-state index in [2.05, 4.69) is 25.8 Å². The number of amides is 2. The molecule has 0 radical (unpaired) electrons. The average Bonchev–Trinajstić information content (AvgIpc) is 2.87. The molecule has 2 aromatic rings. The summed E-state index contributed by atoms with van der Waals surface area (Å²) in [4.78, 5) is 15.5. The first-order chi connectivity index (χ1) is 9.06. The van der Waals surface area contributed by atoms with Crippen LogP contribution < -0.4 is 10.6 Å². The van der Waals surface area contributed by atoms with E-state index in [1.807, 2.05) is 0 Å². The fraction of sp³-hybridized carbons (Fsp3) is 0.182. The molecular formula is C11H11F2N5O. The number of nitrogens with zero attached hydrogens (tertiary/aromatic N) is 2. The van der Waals surface area contributed by atoms with Crippen LogP contribution in [0.25, 0.3) is 0 Å². The third-order valence-corrected chi connectivity index (χ3v) is 2.37. The molecule has 0 aliphatic heterocycles. The van der Waals surface area contributed by atoms with Gasteiger partial charge in [0.25, 0.3) is 0 Å². The Morgan fingerprint density at radius 1 is 1.37 bits per heavy atom. The van der Waals surface area contributed by atoms with E-state index >= 15 is 0 Å². The third-order valence-electron chi connectivity index (χ3n) is 2.37. The van der Waals surface area contributed by atoms with Crippen LogP contribution in [0.5, 0.6) is 0 Å². The highest BCUT2D eigenvalue weighted by Gasteiger charge is 2.12. The monoisotopic (exact) mass is 267 g/mol. The normalized spacial score (nSPS) is 11.9. The van der Waals surface area contributed by atoms with Gasteiger partial charge in [-0.15, -0.1) is 0 Å². The molecule has 1 aromatic heterocycles. The summed E-state index contributed by atoms with van der Waals surface area (Å²) in [6, 6.07) is 2.14. The zero-order chi connectivity index (χ0) is 13.8. The van der Waals surface area contributed by atoms with Gasteiger partial charge in [-0.25, -0.2) is 18.6 Å². The molecule has 0 aliphatic carbocycles. The van der Waals surface area contributed by atoms with Crippen molar-refractivity contribution in [1.29, 1.82) is 0 Å². The lowest BCUT2D eigenvalue weighted by Crippen LogP contribution is -2.31. The first-order valence-electron chi connectivity index (χ1n) is 5.44. The predicted molar refractivity (Wildman–Crippen MR) is 63.3 cm³/mol. The van der Waals surface area contributed by atoms with Gasteiger partial charge in [0.1, 0.15) is 12.2 Å². The van der Waals surface area contributed by atoms with Crippen molar-refractivity contribution in [1.82, 2.24) is 20.5 Å². The molecule has 3 N–H and O–H groups in total. The molecular weight excluding hydrogens is 256 g/mol. The van der Waals surface area contributed by atoms with Crippen molar-refractivity contribution in [2.24, 2.45) is 0 Å². The maximum atomic E-state index is 12.9. The highest BCUT2D eigenvalue weighted by molar-refractivity contribution is 5.89. The quantitative estimate of drug-likeness (QED) is 0.795. The molecule has 0 unspecified atom stereocenters. The number of benzene rings is 1. The van der Waals surface area contributed by atoms with E-state index in [0.29, 0.717) is 5.82 Å². The summed E-state index contributed by atoms with van der Waals surface area (Å²) in [5, 5.41) is 11.2. The van der Waals surface area contributed by atoms with Gasteiger partial charge in [0.2, 0.25) is 0 Å². The summed E-state index contributed by atoms with van der Waals surface area (Å²) in [6.07, 6.45) is 1.32. The van der Waals surface area contributed by atoms with Crippen molar-refractivity contribution in [2.45, 2.75) is 13.0 Å². The molecule has 0 aliphatic rings. The van der Waals surface area contributed by atoms with Crippen LogP contribution in [0.1, 0.15) is 18.8 Å². The molecule has 1 heterocycles. The number of nitrogens with one attached hydrogen (secondary N) is 3. The number of urea groups is 1. The molecule has 100 valence electrons. The van der Waals surface area contributed by atoms with Crippen LogP contribution in [0.15, 0.2) is 24.5 Å². The Hall–Kier alpha value is -2.51. The summed E-state index contributed by atoms with van der Waals surface area (Å²) in [5.74, 6) is -1.51. The fourth-order valence-electron chi connectivity index (χ4n) is 1.43. The lowest BCUT2D eigenvalue weighted by atomic mass is 10.3. The minimum Gasteiger partial charge on any atom is -0.328 e. The maximum Gasteiger partial charge on any atom is 0.319 e. The lowest BCUT2D eigenvalue weighted by molar-refractivity contribution is 0.249. The van der Waals surface area contributed by atoms with Crippen molar-refractivity contribution in [2.75, 3.05) is 5.32 Å². The van der Waals surface area contributed by atoms with Crippen LogP contribution in [0, 0.1) is 11.6 Å². The maximum absolute atomic E-state index is 12.9. The molecule has 2 rings (SSSR count). The Morgan fingerprint density at radius 3 is 2.79 bits per heavy atom. The zero-order valence-corrected chi connectivity index (χ0v) is 9.95. The minimum atomic E-state index is -1.03. The number of H-pyrrole nitrogens is 1. The predicted octanol–water partition coefficient (Wildman–Crippen LogP) is 1.97. The molecule has 1 atom stereocenters. The fourth-order valence-corrected chi connectivity index (χ4v) is 1.43. The summed E-state index contributed by atoms with van der Waals surface area (Å²) in [5.41, 5.74) is 0.154. The van der Waals surface area contributed by atoms with Crippen LogP contribution in [0.2, 0.25) is 0 Å². The van der Waals surface area contributed by atoms with E-state index in [1.54, 1.807) is 6.92 Å². The van der Waals surface area contributed by atoms with Gasteiger partial charge in [-0.3, -0.25) is 5.10 Å². The van der Waals surface area contributed by atoms with Gasteiger partial charge in [0.05, 0.1) is 6.04 Å². The molecule has 8 heteroatoms. The molecule has 19 heavy (non-hydrogen) atoms. The summed E-state index contributed by atoms with van der Waals surface area (Å²) >= 11 is 0. The minimum absolute atomic E-state index is 0.154. The van der Waals surface area contributed by atoms with Crippen molar-refractivity contribution >= 4 is 11.7 Å². The Balaban J connectivity index is 1.95. The third kappa shape index (κ3) is 3.24. The van der Waals surface area contributed by atoms with E-state index in [1.165, 1.54) is 12.4 Å². The number of anilines is 1. The van der Waals surface area contributed by atoms with Gasteiger partial charge >= 0.3 is 6.03 Å². The molecule has 0 saturated carbocycles. The standard InChI is InChI=1S/C11H11F2N5O/c1-6(10-14-5-15-18-10)16-11(19)17-7-2-3-8(12)9(13)4-7/h2-6H,1H3,(H,14,15,18)(H2,16,17,19)/t6-/m1/s1. The largest absolute Gasteiger partial charge is 0.328 e. The number of rotatable bonds is 3.